The summed E-state index contributed by atoms with van der Waals surface area (Å²) in [4.78, 5) is 36.2. The molecular formula is C16H27NO5. The summed E-state index contributed by atoms with van der Waals surface area (Å²) < 4.78 is 10.4. The molecule has 0 bridgehead atoms. The zero-order chi connectivity index (χ0) is 16.5. The first-order chi connectivity index (χ1) is 10.5. The van der Waals surface area contributed by atoms with E-state index in [1.54, 1.807) is 0 Å². The van der Waals surface area contributed by atoms with Gasteiger partial charge in [0.1, 0.15) is 6.61 Å². The summed E-state index contributed by atoms with van der Waals surface area (Å²) in [7, 11) is 0. The predicted octanol–water partition coefficient (Wildman–Crippen LogP) is 1.42. The van der Waals surface area contributed by atoms with Crippen molar-refractivity contribution in [3.63, 3.8) is 0 Å². The predicted molar refractivity (Wildman–Crippen MR) is 81.2 cm³/mol. The van der Waals surface area contributed by atoms with Crippen LogP contribution in [0.15, 0.2) is 0 Å². The molecular weight excluding hydrogens is 286 g/mol. The number of hydrogen-bond acceptors (Lipinski definition) is 5. The fourth-order valence-electron chi connectivity index (χ4n) is 2.76. The zero-order valence-corrected chi connectivity index (χ0v) is 13.8. The van der Waals surface area contributed by atoms with Crippen molar-refractivity contribution in [2.24, 2.45) is 11.8 Å². The number of amides is 2. The third-order valence-electron chi connectivity index (χ3n) is 4.03. The van der Waals surface area contributed by atoms with Gasteiger partial charge in [0, 0.05) is 6.42 Å². The maximum absolute atomic E-state index is 12.3. The quantitative estimate of drug-likeness (QED) is 0.426. The van der Waals surface area contributed by atoms with Crippen LogP contribution in [0.4, 0.5) is 0 Å². The van der Waals surface area contributed by atoms with Crippen LogP contribution in [0.25, 0.3) is 0 Å². The first-order valence-corrected chi connectivity index (χ1v) is 8.00. The van der Waals surface area contributed by atoms with E-state index < -0.39 is 0 Å². The molecule has 1 fully saturated rings. The lowest BCUT2D eigenvalue weighted by Gasteiger charge is -2.19. The maximum Gasteiger partial charge on any atom is 0.233 e. The number of nitrogens with zero attached hydrogens (tertiary/aromatic N) is 1. The van der Waals surface area contributed by atoms with Crippen molar-refractivity contribution in [3.05, 3.63) is 0 Å². The van der Waals surface area contributed by atoms with Crippen LogP contribution in [-0.2, 0) is 23.9 Å². The Hall–Kier alpha value is -1.27. The molecule has 1 rings (SSSR count). The van der Waals surface area contributed by atoms with E-state index >= 15 is 0 Å². The molecule has 0 spiro atoms. The Morgan fingerprint density at radius 2 is 1.82 bits per heavy atom. The van der Waals surface area contributed by atoms with Gasteiger partial charge in [0.15, 0.2) is 5.78 Å². The molecule has 1 atom stereocenters. The molecule has 1 aliphatic rings. The van der Waals surface area contributed by atoms with Crippen LogP contribution in [0.3, 0.4) is 0 Å². The molecule has 1 aliphatic heterocycles. The van der Waals surface area contributed by atoms with Gasteiger partial charge in [-0.05, 0) is 12.8 Å². The van der Waals surface area contributed by atoms with Crippen LogP contribution in [0.2, 0.25) is 0 Å². The number of carbonyl (C=O) groups is 3. The van der Waals surface area contributed by atoms with E-state index in [2.05, 4.69) is 13.8 Å². The van der Waals surface area contributed by atoms with Gasteiger partial charge >= 0.3 is 0 Å². The van der Waals surface area contributed by atoms with Crippen molar-refractivity contribution in [3.8, 4) is 0 Å². The van der Waals surface area contributed by atoms with Crippen molar-refractivity contribution in [2.75, 3.05) is 33.0 Å². The summed E-state index contributed by atoms with van der Waals surface area (Å²) in [6.45, 7) is 6.93. The lowest BCUT2D eigenvalue weighted by atomic mass is 9.87. The number of ketones is 1. The topological polar surface area (TPSA) is 72.9 Å². The van der Waals surface area contributed by atoms with Crippen LogP contribution in [-0.4, -0.2) is 55.5 Å². The van der Waals surface area contributed by atoms with Crippen LogP contribution in [0.5, 0.6) is 0 Å². The first kappa shape index (κ1) is 18.8. The zero-order valence-electron chi connectivity index (χ0n) is 13.8. The molecule has 0 aromatic carbocycles. The maximum atomic E-state index is 12.3. The Balaban J connectivity index is 2.27. The summed E-state index contributed by atoms with van der Waals surface area (Å²) >= 11 is 0. The molecule has 22 heavy (non-hydrogen) atoms. The minimum atomic E-state index is -0.165. The molecule has 0 aliphatic carbocycles. The third kappa shape index (κ3) is 5.50. The fourth-order valence-corrected chi connectivity index (χ4v) is 2.76. The summed E-state index contributed by atoms with van der Waals surface area (Å²) in [6.07, 6.45) is 2.16. The van der Waals surface area contributed by atoms with Crippen LogP contribution < -0.4 is 0 Å². The van der Waals surface area contributed by atoms with Crippen molar-refractivity contribution < 1.29 is 23.9 Å². The normalized spacial score (nSPS) is 18.5. The summed E-state index contributed by atoms with van der Waals surface area (Å²) in [5.74, 6) is -0.0714. The lowest BCUT2D eigenvalue weighted by Crippen LogP contribution is -2.35. The van der Waals surface area contributed by atoms with E-state index in [1.165, 1.54) is 11.8 Å². The van der Waals surface area contributed by atoms with Crippen molar-refractivity contribution in [1.82, 2.24) is 4.90 Å². The van der Waals surface area contributed by atoms with Crippen LogP contribution in [0.1, 0.15) is 40.0 Å². The van der Waals surface area contributed by atoms with Crippen LogP contribution in [0, 0.1) is 11.8 Å². The smallest absolute Gasteiger partial charge is 0.233 e. The highest BCUT2D eigenvalue weighted by molar-refractivity contribution is 6.03. The molecule has 0 aromatic rings. The van der Waals surface area contributed by atoms with Gasteiger partial charge in [-0.1, -0.05) is 26.7 Å². The number of ether oxygens (including phenoxy) is 2. The second kappa shape index (κ2) is 9.69. The first-order valence-electron chi connectivity index (χ1n) is 8.00. The summed E-state index contributed by atoms with van der Waals surface area (Å²) in [5.41, 5.74) is 0. The van der Waals surface area contributed by atoms with E-state index in [0.29, 0.717) is 32.8 Å². The fraction of sp³-hybridized carbons (Fsp3) is 0.812. The average molecular weight is 313 g/mol. The van der Waals surface area contributed by atoms with Gasteiger partial charge in [-0.25, -0.2) is 0 Å². The highest BCUT2D eigenvalue weighted by atomic mass is 16.5. The minimum absolute atomic E-state index is 0.0271. The van der Waals surface area contributed by atoms with E-state index in [0.717, 1.165) is 12.8 Å². The SMILES string of the molecule is CCC(CC)C1CC(=O)N(CCOCCOCC(C)=O)C1=O. The largest absolute Gasteiger partial charge is 0.377 e. The molecule has 6 nitrogen and oxygen atoms in total. The van der Waals surface area contributed by atoms with Crippen molar-refractivity contribution in [1.29, 1.82) is 0 Å². The molecule has 1 unspecified atom stereocenters. The minimum Gasteiger partial charge on any atom is -0.377 e. The number of hydrogen-bond donors (Lipinski definition) is 0. The molecule has 1 saturated heterocycles. The lowest BCUT2D eigenvalue weighted by molar-refractivity contribution is -0.141. The van der Waals surface area contributed by atoms with Gasteiger partial charge in [0.05, 0.1) is 32.3 Å². The van der Waals surface area contributed by atoms with Gasteiger partial charge in [0.2, 0.25) is 11.8 Å². The molecule has 2 amide bonds. The number of rotatable bonds is 11. The number of likely N-dealkylation sites (tertiary alicyclic amines) is 1. The highest BCUT2D eigenvalue weighted by Crippen LogP contribution is 2.30. The summed E-state index contributed by atoms with van der Waals surface area (Å²) in [5, 5.41) is 0. The Bertz CT molecular complexity index is 392. The molecule has 0 radical (unpaired) electrons. The average Bonchev–Trinajstić information content (AvgIpc) is 2.75. The molecule has 1 heterocycles. The van der Waals surface area contributed by atoms with Gasteiger partial charge in [-0.3, -0.25) is 19.3 Å². The second-order valence-electron chi connectivity index (χ2n) is 5.64. The molecule has 0 aromatic heterocycles. The standard InChI is InChI=1S/C16H27NO5/c1-4-13(5-2)14-10-15(19)17(16(14)20)6-7-21-8-9-22-11-12(3)18/h13-14H,4-11H2,1-3H3. The van der Waals surface area contributed by atoms with E-state index in [4.69, 9.17) is 9.47 Å². The summed E-state index contributed by atoms with van der Waals surface area (Å²) in [6, 6.07) is 0. The molecule has 126 valence electrons. The van der Waals surface area contributed by atoms with Crippen molar-refractivity contribution >= 4 is 17.6 Å². The Kier molecular flexibility index (Phi) is 8.27. The van der Waals surface area contributed by atoms with Crippen LogP contribution >= 0.6 is 0 Å². The van der Waals surface area contributed by atoms with Gasteiger partial charge < -0.3 is 9.47 Å². The Morgan fingerprint density at radius 1 is 1.18 bits per heavy atom. The third-order valence-corrected chi connectivity index (χ3v) is 4.03. The second-order valence-corrected chi connectivity index (χ2v) is 5.64. The van der Waals surface area contributed by atoms with E-state index in [9.17, 15) is 14.4 Å². The number of imide groups is 1. The number of Topliss-reactive ketones (excluding diaryl/α,β-unsaturated/α-hetero) is 1. The van der Waals surface area contributed by atoms with Gasteiger partial charge in [-0.2, -0.15) is 0 Å². The van der Waals surface area contributed by atoms with Gasteiger partial charge in [-0.15, -0.1) is 0 Å². The van der Waals surface area contributed by atoms with Crippen molar-refractivity contribution in [2.45, 2.75) is 40.0 Å². The van der Waals surface area contributed by atoms with E-state index in [-0.39, 0.29) is 36.0 Å². The molecule has 0 N–H and O–H groups in total. The van der Waals surface area contributed by atoms with E-state index in [1.807, 2.05) is 0 Å². The Labute approximate surface area is 132 Å². The molecule has 0 saturated carbocycles. The monoisotopic (exact) mass is 313 g/mol. The Morgan fingerprint density at radius 3 is 2.41 bits per heavy atom. The number of carbonyl (C=O) groups excluding carboxylic acids is 3. The highest BCUT2D eigenvalue weighted by Gasteiger charge is 2.41. The van der Waals surface area contributed by atoms with Gasteiger partial charge in [0.25, 0.3) is 0 Å². The molecule has 6 heteroatoms.